The second-order valence-electron chi connectivity index (χ2n) is 4.75. The first-order chi connectivity index (χ1) is 5.15. The Labute approximate surface area is 81.3 Å². The molecule has 12 heavy (non-hydrogen) atoms. The molecule has 0 aliphatic rings. The summed E-state index contributed by atoms with van der Waals surface area (Å²) in [6.07, 6.45) is 1.89. The smallest absolute Gasteiger partial charge is 0.135 e. The molecule has 72 valence electrons. The van der Waals surface area contributed by atoms with Gasteiger partial charge in [-0.2, -0.15) is 12.6 Å². The van der Waals surface area contributed by atoms with Gasteiger partial charge < -0.3 is 0 Å². The largest absolute Gasteiger partial charge is 0.299 e. The van der Waals surface area contributed by atoms with Gasteiger partial charge >= 0.3 is 0 Å². The Bertz CT molecular complexity index is 165. The van der Waals surface area contributed by atoms with Crippen molar-refractivity contribution < 1.29 is 4.79 Å². The lowest BCUT2D eigenvalue weighted by Gasteiger charge is -2.25. The predicted molar refractivity (Wildman–Crippen MR) is 56.8 cm³/mol. The molecule has 0 aromatic carbocycles. The van der Waals surface area contributed by atoms with E-state index in [4.69, 9.17) is 0 Å². The summed E-state index contributed by atoms with van der Waals surface area (Å²) in [4.78, 5) is 11.2. The van der Waals surface area contributed by atoms with E-state index < -0.39 is 0 Å². The molecular formula is C10H20OS. The van der Waals surface area contributed by atoms with E-state index in [1.54, 1.807) is 6.92 Å². The zero-order valence-corrected chi connectivity index (χ0v) is 9.66. The zero-order valence-electron chi connectivity index (χ0n) is 8.77. The van der Waals surface area contributed by atoms with Crippen molar-refractivity contribution in [2.75, 3.05) is 0 Å². The minimum Gasteiger partial charge on any atom is -0.299 e. The summed E-state index contributed by atoms with van der Waals surface area (Å²) in [6, 6.07) is 0. The Hall–Kier alpha value is 0.0200. The summed E-state index contributed by atoms with van der Waals surface area (Å²) in [7, 11) is 0. The van der Waals surface area contributed by atoms with Gasteiger partial charge in [-0.3, -0.25) is 4.79 Å². The maximum atomic E-state index is 11.2. The number of carbonyl (C=O) groups excluding carboxylic acids is 1. The van der Waals surface area contributed by atoms with Gasteiger partial charge in [-0.05, 0) is 19.8 Å². The van der Waals surface area contributed by atoms with Gasteiger partial charge in [0.1, 0.15) is 5.78 Å². The van der Waals surface area contributed by atoms with Crippen LogP contribution in [0.3, 0.4) is 0 Å². The Kier molecular flexibility index (Phi) is 3.83. The van der Waals surface area contributed by atoms with Crippen molar-refractivity contribution in [1.82, 2.24) is 0 Å². The van der Waals surface area contributed by atoms with Crippen molar-refractivity contribution in [3.63, 3.8) is 0 Å². The molecule has 0 fully saturated rings. The van der Waals surface area contributed by atoms with Crippen molar-refractivity contribution in [1.29, 1.82) is 0 Å². The summed E-state index contributed by atoms with van der Waals surface area (Å²) in [5, 5.41) is 0. The van der Waals surface area contributed by atoms with Gasteiger partial charge in [-0.1, -0.05) is 27.7 Å². The molecule has 0 aromatic rings. The molecule has 0 saturated heterocycles. The minimum atomic E-state index is -0.181. The summed E-state index contributed by atoms with van der Waals surface area (Å²) in [6.45, 7) is 9.80. The summed E-state index contributed by atoms with van der Waals surface area (Å²) >= 11 is 4.42. The van der Waals surface area contributed by atoms with E-state index >= 15 is 0 Å². The van der Waals surface area contributed by atoms with Crippen molar-refractivity contribution in [3.8, 4) is 0 Å². The fourth-order valence-corrected chi connectivity index (χ4v) is 0.906. The first-order valence-electron chi connectivity index (χ1n) is 4.38. The van der Waals surface area contributed by atoms with Crippen LogP contribution >= 0.6 is 12.6 Å². The lowest BCUT2D eigenvalue weighted by atomic mass is 9.82. The number of hydrogen-bond donors (Lipinski definition) is 1. The average molecular weight is 188 g/mol. The van der Waals surface area contributed by atoms with Gasteiger partial charge in [0.05, 0.1) is 0 Å². The standard InChI is InChI=1S/C10H20OS/c1-8(11)9(2,3)6-7-10(4,5)12/h12H,6-7H2,1-5H3. The number of carbonyl (C=O) groups is 1. The molecule has 0 N–H and O–H groups in total. The number of ketones is 1. The molecule has 2 heteroatoms. The third kappa shape index (κ3) is 4.81. The molecule has 0 amide bonds. The number of hydrogen-bond acceptors (Lipinski definition) is 2. The first-order valence-corrected chi connectivity index (χ1v) is 4.83. The first kappa shape index (κ1) is 12.0. The highest BCUT2D eigenvalue weighted by Gasteiger charge is 2.25. The fraction of sp³-hybridized carbons (Fsp3) is 0.900. The molecule has 0 aliphatic carbocycles. The molecule has 1 nitrogen and oxygen atoms in total. The topological polar surface area (TPSA) is 17.1 Å². The van der Waals surface area contributed by atoms with Crippen molar-refractivity contribution in [2.24, 2.45) is 5.41 Å². The third-order valence-electron chi connectivity index (χ3n) is 2.31. The molecule has 0 saturated carbocycles. The summed E-state index contributed by atoms with van der Waals surface area (Å²) in [5.41, 5.74) is -0.181. The lowest BCUT2D eigenvalue weighted by molar-refractivity contribution is -0.125. The van der Waals surface area contributed by atoms with E-state index in [1.807, 2.05) is 13.8 Å². The molecule has 0 rings (SSSR count). The molecule has 0 heterocycles. The average Bonchev–Trinajstić information content (AvgIpc) is 1.82. The Balaban J connectivity index is 4.01. The monoisotopic (exact) mass is 188 g/mol. The van der Waals surface area contributed by atoms with E-state index in [2.05, 4.69) is 26.5 Å². The molecule has 0 spiro atoms. The maximum absolute atomic E-state index is 11.2. The highest BCUT2D eigenvalue weighted by Crippen LogP contribution is 2.29. The predicted octanol–water partition coefficient (Wildman–Crippen LogP) is 3.09. The number of rotatable bonds is 4. The van der Waals surface area contributed by atoms with Crippen LogP contribution < -0.4 is 0 Å². The normalized spacial score (nSPS) is 13.2. The van der Waals surface area contributed by atoms with Crippen LogP contribution in [-0.2, 0) is 4.79 Å². The molecule has 0 unspecified atom stereocenters. The molecule has 0 aliphatic heterocycles. The van der Waals surface area contributed by atoms with Gasteiger partial charge in [-0.15, -0.1) is 0 Å². The molecular weight excluding hydrogens is 168 g/mol. The molecule has 0 atom stereocenters. The van der Waals surface area contributed by atoms with E-state index in [0.29, 0.717) is 0 Å². The fourth-order valence-electron chi connectivity index (χ4n) is 0.794. The lowest BCUT2D eigenvalue weighted by Crippen LogP contribution is -2.24. The van der Waals surface area contributed by atoms with E-state index in [1.165, 1.54) is 0 Å². The van der Waals surface area contributed by atoms with E-state index in [0.717, 1.165) is 12.8 Å². The van der Waals surface area contributed by atoms with Crippen molar-refractivity contribution in [2.45, 2.75) is 52.2 Å². The quantitative estimate of drug-likeness (QED) is 0.671. The number of Topliss-reactive ketones (excluding diaryl/α,β-unsaturated/α-hetero) is 1. The van der Waals surface area contributed by atoms with Crippen LogP contribution in [0.5, 0.6) is 0 Å². The summed E-state index contributed by atoms with van der Waals surface area (Å²) in [5.74, 6) is 0.264. The van der Waals surface area contributed by atoms with Gasteiger partial charge in [0.2, 0.25) is 0 Å². The minimum absolute atomic E-state index is 0.0344. The highest BCUT2D eigenvalue weighted by molar-refractivity contribution is 7.81. The van der Waals surface area contributed by atoms with E-state index in [-0.39, 0.29) is 15.9 Å². The SMILES string of the molecule is CC(=O)C(C)(C)CCC(C)(C)S. The van der Waals surface area contributed by atoms with Crippen LogP contribution in [0.25, 0.3) is 0 Å². The van der Waals surface area contributed by atoms with Gasteiger partial charge in [0.15, 0.2) is 0 Å². The van der Waals surface area contributed by atoms with Crippen LogP contribution in [0.2, 0.25) is 0 Å². The van der Waals surface area contributed by atoms with E-state index in [9.17, 15) is 4.79 Å². The Morgan fingerprint density at radius 2 is 1.58 bits per heavy atom. The number of thiol groups is 1. The van der Waals surface area contributed by atoms with Crippen molar-refractivity contribution >= 4 is 18.4 Å². The molecule has 0 bridgehead atoms. The van der Waals surface area contributed by atoms with Crippen LogP contribution in [0.1, 0.15) is 47.5 Å². The van der Waals surface area contributed by atoms with Gasteiger partial charge in [0, 0.05) is 10.2 Å². The van der Waals surface area contributed by atoms with Crippen LogP contribution in [-0.4, -0.2) is 10.5 Å². The Morgan fingerprint density at radius 1 is 1.17 bits per heavy atom. The van der Waals surface area contributed by atoms with Crippen LogP contribution in [0.15, 0.2) is 0 Å². The third-order valence-corrected chi connectivity index (χ3v) is 2.54. The van der Waals surface area contributed by atoms with Gasteiger partial charge in [-0.25, -0.2) is 0 Å². The zero-order chi connectivity index (χ0) is 9.99. The molecule has 0 radical (unpaired) electrons. The summed E-state index contributed by atoms with van der Waals surface area (Å²) < 4.78 is 0.0344. The second-order valence-corrected chi connectivity index (χ2v) is 5.96. The highest BCUT2D eigenvalue weighted by atomic mass is 32.1. The van der Waals surface area contributed by atoms with Crippen LogP contribution in [0.4, 0.5) is 0 Å². The van der Waals surface area contributed by atoms with Crippen LogP contribution in [0, 0.1) is 5.41 Å². The second kappa shape index (κ2) is 3.82. The maximum Gasteiger partial charge on any atom is 0.135 e. The molecule has 0 aromatic heterocycles. The van der Waals surface area contributed by atoms with Gasteiger partial charge in [0.25, 0.3) is 0 Å². The Morgan fingerprint density at radius 3 is 1.83 bits per heavy atom. The van der Waals surface area contributed by atoms with Crippen molar-refractivity contribution in [3.05, 3.63) is 0 Å².